The number of hydrogen-bond donors (Lipinski definition) is 1. The smallest absolute Gasteiger partial charge is 0.243 e. The van der Waals surface area contributed by atoms with Crippen LogP contribution in [0, 0.1) is 5.82 Å². The number of sulfonamides is 1. The van der Waals surface area contributed by atoms with Crippen LogP contribution >= 0.6 is 0 Å². The number of piperidine rings is 1. The molecule has 1 aliphatic heterocycles. The van der Waals surface area contributed by atoms with Gasteiger partial charge in [-0.1, -0.05) is 36.8 Å². The second-order valence-electron chi connectivity index (χ2n) is 6.30. The van der Waals surface area contributed by atoms with Gasteiger partial charge in [-0.3, -0.25) is 0 Å². The van der Waals surface area contributed by atoms with Crippen LogP contribution in [-0.4, -0.2) is 25.8 Å². The molecule has 1 heterocycles. The van der Waals surface area contributed by atoms with Crippen LogP contribution in [-0.2, 0) is 23.1 Å². The minimum Gasteiger partial charge on any atom is -0.309 e. The van der Waals surface area contributed by atoms with Crippen LogP contribution < -0.4 is 5.32 Å². The molecule has 1 fully saturated rings. The first-order valence-electron chi connectivity index (χ1n) is 8.60. The predicted molar refractivity (Wildman–Crippen MR) is 96.0 cm³/mol. The molecule has 134 valence electrons. The lowest BCUT2D eigenvalue weighted by molar-refractivity contribution is 0.346. The number of halogens is 1. The van der Waals surface area contributed by atoms with Crippen molar-refractivity contribution in [1.82, 2.24) is 9.62 Å². The van der Waals surface area contributed by atoms with E-state index < -0.39 is 10.0 Å². The summed E-state index contributed by atoms with van der Waals surface area (Å²) in [5, 5.41) is 3.18. The molecule has 3 rings (SSSR count). The fourth-order valence-electron chi connectivity index (χ4n) is 3.02. The normalized spacial score (nSPS) is 16.0. The SMILES string of the molecule is O=S(=O)(c1ccc(CNCc2ccccc2F)cc1)N1CCCCC1. The lowest BCUT2D eigenvalue weighted by atomic mass is 10.2. The molecule has 2 aromatic rings. The maximum Gasteiger partial charge on any atom is 0.243 e. The Bertz CT molecular complexity index is 800. The van der Waals surface area contributed by atoms with E-state index in [1.54, 1.807) is 34.6 Å². The second-order valence-corrected chi connectivity index (χ2v) is 8.24. The van der Waals surface area contributed by atoms with Crippen LogP contribution in [0.4, 0.5) is 4.39 Å². The maximum atomic E-state index is 13.6. The number of nitrogens with zero attached hydrogens (tertiary/aromatic N) is 1. The van der Waals surface area contributed by atoms with Gasteiger partial charge in [0.2, 0.25) is 10.0 Å². The van der Waals surface area contributed by atoms with Crippen LogP contribution in [0.5, 0.6) is 0 Å². The first-order valence-corrected chi connectivity index (χ1v) is 10.0. The van der Waals surface area contributed by atoms with E-state index >= 15 is 0 Å². The van der Waals surface area contributed by atoms with Crippen LogP contribution in [0.3, 0.4) is 0 Å². The molecule has 6 heteroatoms. The third-order valence-electron chi connectivity index (χ3n) is 4.48. The zero-order valence-electron chi connectivity index (χ0n) is 14.1. The van der Waals surface area contributed by atoms with Gasteiger partial charge in [-0.25, -0.2) is 12.8 Å². The van der Waals surface area contributed by atoms with Gasteiger partial charge < -0.3 is 5.32 Å². The Morgan fingerprint density at radius 2 is 1.60 bits per heavy atom. The average molecular weight is 362 g/mol. The first-order chi connectivity index (χ1) is 12.1. The highest BCUT2D eigenvalue weighted by Gasteiger charge is 2.25. The summed E-state index contributed by atoms with van der Waals surface area (Å²) in [7, 11) is -3.38. The summed E-state index contributed by atoms with van der Waals surface area (Å²) in [5.74, 6) is -0.224. The first kappa shape index (κ1) is 18.0. The molecule has 1 saturated heterocycles. The van der Waals surface area contributed by atoms with Crippen molar-refractivity contribution in [3.05, 3.63) is 65.5 Å². The zero-order valence-corrected chi connectivity index (χ0v) is 14.9. The van der Waals surface area contributed by atoms with Gasteiger partial charge in [-0.15, -0.1) is 0 Å². The number of hydrogen-bond acceptors (Lipinski definition) is 3. The van der Waals surface area contributed by atoms with Crippen molar-refractivity contribution in [2.45, 2.75) is 37.2 Å². The Labute approximate surface area is 148 Å². The van der Waals surface area contributed by atoms with E-state index in [9.17, 15) is 12.8 Å². The van der Waals surface area contributed by atoms with Gasteiger partial charge in [-0.2, -0.15) is 4.31 Å². The fraction of sp³-hybridized carbons (Fsp3) is 0.368. The van der Waals surface area contributed by atoms with E-state index in [-0.39, 0.29) is 5.82 Å². The maximum absolute atomic E-state index is 13.6. The lowest BCUT2D eigenvalue weighted by Gasteiger charge is -2.25. The Morgan fingerprint density at radius 1 is 0.920 bits per heavy atom. The van der Waals surface area contributed by atoms with Crippen molar-refractivity contribution in [3.8, 4) is 0 Å². The lowest BCUT2D eigenvalue weighted by Crippen LogP contribution is -2.35. The Morgan fingerprint density at radius 3 is 2.28 bits per heavy atom. The summed E-state index contributed by atoms with van der Waals surface area (Å²) in [6.07, 6.45) is 2.95. The molecule has 1 N–H and O–H groups in total. The van der Waals surface area contributed by atoms with Crippen LogP contribution in [0.15, 0.2) is 53.4 Å². The van der Waals surface area contributed by atoms with Gasteiger partial charge in [0, 0.05) is 31.7 Å². The summed E-state index contributed by atoms with van der Waals surface area (Å²) < 4.78 is 40.3. The van der Waals surface area contributed by atoms with Crippen molar-refractivity contribution in [2.24, 2.45) is 0 Å². The Balaban J connectivity index is 1.59. The summed E-state index contributed by atoms with van der Waals surface area (Å²) in [4.78, 5) is 0.340. The highest BCUT2D eigenvalue weighted by atomic mass is 32.2. The quantitative estimate of drug-likeness (QED) is 0.858. The van der Waals surface area contributed by atoms with E-state index in [0.717, 1.165) is 24.8 Å². The van der Waals surface area contributed by atoms with E-state index in [1.807, 2.05) is 12.1 Å². The van der Waals surface area contributed by atoms with Gasteiger partial charge in [0.25, 0.3) is 0 Å². The molecule has 0 saturated carbocycles. The standard InChI is InChI=1S/C19H23FN2O2S/c20-19-7-3-2-6-17(19)15-21-14-16-8-10-18(11-9-16)25(23,24)22-12-4-1-5-13-22/h2-3,6-11,21H,1,4-5,12-15H2. The van der Waals surface area contributed by atoms with Crippen LogP contribution in [0.25, 0.3) is 0 Å². The number of benzene rings is 2. The molecule has 0 amide bonds. The van der Waals surface area contributed by atoms with Gasteiger partial charge in [0.05, 0.1) is 4.90 Å². The molecule has 0 aromatic heterocycles. The number of nitrogens with one attached hydrogen (secondary N) is 1. The highest BCUT2D eigenvalue weighted by molar-refractivity contribution is 7.89. The molecule has 25 heavy (non-hydrogen) atoms. The van der Waals surface area contributed by atoms with Crippen molar-refractivity contribution in [3.63, 3.8) is 0 Å². The minimum atomic E-state index is -3.38. The zero-order chi connectivity index (χ0) is 17.7. The van der Waals surface area contributed by atoms with Gasteiger partial charge in [-0.05, 0) is 36.6 Å². The summed E-state index contributed by atoms with van der Waals surface area (Å²) in [5.41, 5.74) is 1.58. The predicted octanol–water partition coefficient (Wildman–Crippen LogP) is 3.29. The molecular weight excluding hydrogens is 339 g/mol. The Hall–Kier alpha value is -1.76. The van der Waals surface area contributed by atoms with Crippen molar-refractivity contribution < 1.29 is 12.8 Å². The van der Waals surface area contributed by atoms with E-state index in [4.69, 9.17) is 0 Å². The summed E-state index contributed by atoms with van der Waals surface area (Å²) in [6, 6.07) is 13.6. The summed E-state index contributed by atoms with van der Waals surface area (Å²) in [6.45, 7) is 2.20. The molecular formula is C19H23FN2O2S. The van der Waals surface area contributed by atoms with Crippen molar-refractivity contribution >= 4 is 10.0 Å². The largest absolute Gasteiger partial charge is 0.309 e. The summed E-state index contributed by atoms with van der Waals surface area (Å²) >= 11 is 0. The molecule has 2 aromatic carbocycles. The van der Waals surface area contributed by atoms with Gasteiger partial charge >= 0.3 is 0 Å². The average Bonchev–Trinajstić information content (AvgIpc) is 2.64. The van der Waals surface area contributed by atoms with E-state index in [1.165, 1.54) is 6.07 Å². The molecule has 0 unspecified atom stereocenters. The van der Waals surface area contributed by atoms with E-state index in [2.05, 4.69) is 5.32 Å². The van der Waals surface area contributed by atoms with Gasteiger partial charge in [0.1, 0.15) is 5.82 Å². The third kappa shape index (κ3) is 4.45. The third-order valence-corrected chi connectivity index (χ3v) is 6.39. The monoisotopic (exact) mass is 362 g/mol. The fourth-order valence-corrected chi connectivity index (χ4v) is 4.53. The minimum absolute atomic E-state index is 0.224. The Kier molecular flexibility index (Phi) is 5.83. The number of rotatable bonds is 6. The molecule has 1 aliphatic rings. The van der Waals surface area contributed by atoms with Crippen molar-refractivity contribution in [1.29, 1.82) is 0 Å². The topological polar surface area (TPSA) is 49.4 Å². The van der Waals surface area contributed by atoms with Crippen LogP contribution in [0.1, 0.15) is 30.4 Å². The molecule has 0 bridgehead atoms. The molecule has 0 aliphatic carbocycles. The highest BCUT2D eigenvalue weighted by Crippen LogP contribution is 2.20. The molecule has 4 nitrogen and oxygen atoms in total. The van der Waals surface area contributed by atoms with Gasteiger partial charge in [0.15, 0.2) is 0 Å². The second kappa shape index (κ2) is 8.08. The molecule has 0 spiro atoms. The van der Waals surface area contributed by atoms with Crippen LogP contribution in [0.2, 0.25) is 0 Å². The van der Waals surface area contributed by atoms with E-state index in [0.29, 0.717) is 36.6 Å². The molecule has 0 atom stereocenters. The molecule has 0 radical (unpaired) electrons. The van der Waals surface area contributed by atoms with Crippen molar-refractivity contribution in [2.75, 3.05) is 13.1 Å².